The Hall–Kier alpha value is -0.860. The first kappa shape index (κ1) is 21.8. The number of urea groups is 1. The molecule has 1 fully saturated rings. The van der Waals surface area contributed by atoms with Gasteiger partial charge >= 0.3 is 29.6 Å². The van der Waals surface area contributed by atoms with E-state index in [1.807, 2.05) is 13.0 Å². The average molecular weight is 412 g/mol. The van der Waals surface area contributed by atoms with Crippen molar-refractivity contribution in [2.24, 2.45) is 0 Å². The van der Waals surface area contributed by atoms with Gasteiger partial charge < -0.3 is 15.4 Å². The number of nitrogens with zero attached hydrogens (tertiary/aromatic N) is 1. The van der Waals surface area contributed by atoms with Crippen molar-refractivity contribution in [3.8, 4) is 0 Å². The van der Waals surface area contributed by atoms with Crippen LogP contribution in [-0.4, -0.2) is 26.5 Å². The van der Waals surface area contributed by atoms with Gasteiger partial charge in [-0.1, -0.05) is 12.1 Å². The van der Waals surface area contributed by atoms with Gasteiger partial charge in [-0.2, -0.15) is 0 Å². The molecule has 146 valence electrons. The summed E-state index contributed by atoms with van der Waals surface area (Å²) in [5.41, 5.74) is 5.65. The van der Waals surface area contributed by atoms with Crippen molar-refractivity contribution >= 4 is 21.7 Å². The van der Waals surface area contributed by atoms with Crippen LogP contribution >= 0.6 is 0 Å². The Morgan fingerprint density at radius 2 is 1.86 bits per heavy atom. The zero-order chi connectivity index (χ0) is 19.1. The molecule has 0 aromatic heterocycles. The van der Waals surface area contributed by atoms with Gasteiger partial charge in [-0.25, -0.2) is 8.42 Å². The van der Waals surface area contributed by atoms with Gasteiger partial charge in [0.25, 0.3) is 0 Å². The molecule has 2 amide bonds. The second kappa shape index (κ2) is 8.48. The van der Waals surface area contributed by atoms with E-state index < -0.39 is 16.1 Å². The maximum atomic E-state index is 12.3. The first-order valence-corrected chi connectivity index (χ1v) is 11.3. The summed E-state index contributed by atoms with van der Waals surface area (Å²) in [6.45, 7) is 2.81. The first-order chi connectivity index (χ1) is 12.9. The number of amides is 2. The summed E-state index contributed by atoms with van der Waals surface area (Å²) in [5, 5.41) is 7.03. The van der Waals surface area contributed by atoms with Crippen molar-refractivity contribution in [1.82, 2.24) is 5.32 Å². The van der Waals surface area contributed by atoms with Crippen molar-refractivity contribution in [2.45, 2.75) is 63.8 Å². The third-order valence-corrected chi connectivity index (χ3v) is 6.85. The van der Waals surface area contributed by atoms with Crippen LogP contribution in [0.4, 0.5) is 10.5 Å². The SMILES string of the molecule is C[C@]1(/C=C/S(=O)(=O)[N-]C(=O)Nc2cc3c(c4c2CCC4)CCC3)CCCN1.[Na+]. The van der Waals surface area contributed by atoms with Crippen molar-refractivity contribution < 1.29 is 42.8 Å². The fraction of sp³-hybridized carbons (Fsp3) is 0.550. The molecule has 28 heavy (non-hydrogen) atoms. The molecule has 4 rings (SSSR count). The van der Waals surface area contributed by atoms with Gasteiger partial charge in [0.2, 0.25) is 0 Å². The minimum atomic E-state index is -3.96. The average Bonchev–Trinajstić information content (AvgIpc) is 3.32. The van der Waals surface area contributed by atoms with Crippen LogP contribution in [0.15, 0.2) is 17.6 Å². The minimum Gasteiger partial charge on any atom is -0.423 e. The minimum absolute atomic E-state index is 0. The number of rotatable bonds is 4. The van der Waals surface area contributed by atoms with Crippen LogP contribution in [0.5, 0.6) is 0 Å². The smallest absolute Gasteiger partial charge is 0.423 e. The Bertz CT molecular complexity index is 906. The van der Waals surface area contributed by atoms with Crippen LogP contribution in [0.25, 0.3) is 4.72 Å². The van der Waals surface area contributed by atoms with Gasteiger partial charge in [0, 0.05) is 10.9 Å². The first-order valence-electron chi connectivity index (χ1n) is 9.75. The second-order valence-corrected chi connectivity index (χ2v) is 9.50. The molecular formula is C20H26N3NaO3S. The fourth-order valence-corrected chi connectivity index (χ4v) is 5.41. The van der Waals surface area contributed by atoms with Crippen LogP contribution in [0.2, 0.25) is 0 Å². The summed E-state index contributed by atoms with van der Waals surface area (Å²) in [6.07, 6.45) is 9.80. The van der Waals surface area contributed by atoms with Gasteiger partial charge in [0.1, 0.15) is 0 Å². The molecular weight excluding hydrogens is 385 g/mol. The summed E-state index contributed by atoms with van der Waals surface area (Å²) in [4.78, 5) is 12.3. The molecule has 1 atom stereocenters. The largest absolute Gasteiger partial charge is 1.00 e. The molecule has 8 heteroatoms. The summed E-state index contributed by atoms with van der Waals surface area (Å²) in [6, 6.07) is 1.20. The Kier molecular flexibility index (Phi) is 6.61. The number of aryl methyl sites for hydroxylation is 1. The topological polar surface area (TPSA) is 89.4 Å². The monoisotopic (exact) mass is 411 g/mol. The van der Waals surface area contributed by atoms with E-state index in [2.05, 4.69) is 15.4 Å². The van der Waals surface area contributed by atoms with Gasteiger partial charge in [0.15, 0.2) is 16.1 Å². The van der Waals surface area contributed by atoms with E-state index in [1.165, 1.54) is 16.7 Å². The van der Waals surface area contributed by atoms with Crippen LogP contribution in [0.1, 0.15) is 54.9 Å². The molecule has 1 saturated heterocycles. The number of benzene rings is 1. The predicted octanol–water partition coefficient (Wildman–Crippen LogP) is 0.559. The number of anilines is 1. The Morgan fingerprint density at radius 3 is 2.61 bits per heavy atom. The molecule has 0 radical (unpaired) electrons. The molecule has 1 aromatic rings. The number of carbonyl (C=O) groups excluding carboxylic acids is 1. The molecule has 0 saturated carbocycles. The van der Waals surface area contributed by atoms with Crippen molar-refractivity contribution in [2.75, 3.05) is 11.9 Å². The van der Waals surface area contributed by atoms with Crippen molar-refractivity contribution in [3.63, 3.8) is 0 Å². The molecule has 6 nitrogen and oxygen atoms in total. The number of hydrogen-bond acceptors (Lipinski definition) is 4. The molecule has 1 aromatic carbocycles. The zero-order valence-corrected chi connectivity index (χ0v) is 19.5. The number of carbonyl (C=O) groups is 1. The van der Waals surface area contributed by atoms with E-state index in [9.17, 15) is 13.2 Å². The number of fused-ring (bicyclic) bond motifs is 3. The molecule has 2 aliphatic carbocycles. The summed E-state index contributed by atoms with van der Waals surface area (Å²) in [7, 11) is -3.96. The van der Waals surface area contributed by atoms with E-state index in [0.29, 0.717) is 0 Å². The van der Waals surface area contributed by atoms with E-state index in [1.54, 1.807) is 6.08 Å². The Morgan fingerprint density at radius 1 is 1.14 bits per heavy atom. The van der Waals surface area contributed by atoms with E-state index in [4.69, 9.17) is 0 Å². The number of nitrogens with one attached hydrogen (secondary N) is 2. The van der Waals surface area contributed by atoms with Crippen molar-refractivity contribution in [1.29, 1.82) is 0 Å². The molecule has 1 aliphatic heterocycles. The summed E-state index contributed by atoms with van der Waals surface area (Å²) >= 11 is 0. The van der Waals surface area contributed by atoms with Crippen molar-refractivity contribution in [3.05, 3.63) is 44.5 Å². The second-order valence-electron chi connectivity index (χ2n) is 8.01. The molecule has 1 heterocycles. The van der Waals surface area contributed by atoms with E-state index in [-0.39, 0.29) is 35.1 Å². The van der Waals surface area contributed by atoms with Crippen LogP contribution in [0.3, 0.4) is 0 Å². The quantitative estimate of drug-likeness (QED) is 0.709. The van der Waals surface area contributed by atoms with Gasteiger partial charge in [0.05, 0.1) is 0 Å². The maximum Gasteiger partial charge on any atom is 1.00 e. The summed E-state index contributed by atoms with van der Waals surface area (Å²) < 4.78 is 27.8. The van der Waals surface area contributed by atoms with E-state index >= 15 is 0 Å². The van der Waals surface area contributed by atoms with Crippen LogP contribution < -0.4 is 40.2 Å². The predicted molar refractivity (Wildman–Crippen MR) is 107 cm³/mol. The van der Waals surface area contributed by atoms with E-state index in [0.717, 1.165) is 74.6 Å². The Balaban J connectivity index is 0.00000225. The summed E-state index contributed by atoms with van der Waals surface area (Å²) in [5.74, 6) is 0. The molecule has 3 aliphatic rings. The number of sulfonamides is 1. The third-order valence-electron chi connectivity index (χ3n) is 5.95. The zero-order valence-electron chi connectivity index (χ0n) is 16.7. The number of hydrogen-bond donors (Lipinski definition) is 2. The van der Waals surface area contributed by atoms with Crippen LogP contribution in [0, 0.1) is 0 Å². The maximum absolute atomic E-state index is 12.3. The van der Waals surface area contributed by atoms with Gasteiger partial charge in [-0.15, -0.1) is 0 Å². The van der Waals surface area contributed by atoms with Gasteiger partial charge in [-0.05, 0) is 92.8 Å². The molecule has 2 N–H and O–H groups in total. The molecule has 0 bridgehead atoms. The molecule has 0 unspecified atom stereocenters. The fourth-order valence-electron chi connectivity index (χ4n) is 4.60. The third kappa shape index (κ3) is 4.65. The molecule has 0 spiro atoms. The standard InChI is InChI=1S/C20H27N3O3S.Na/c1-20(9-4-11-21-20)10-12-27(25,26)23-19(24)22-18-13-14-5-2-6-15(14)16-7-3-8-17(16)18;/h10,12-13,21H,2-9,11H2,1H3,(H2,22,23,24);/q;+1/p-1/b12-10+;/t20-;/m1./s1. The van der Waals surface area contributed by atoms with Gasteiger partial charge in [-0.3, -0.25) is 4.79 Å². The normalized spacial score (nSPS) is 23.3. The van der Waals surface area contributed by atoms with Crippen LogP contribution in [-0.2, 0) is 35.7 Å². The Labute approximate surface area is 189 Å².